The first-order valence-electron chi connectivity index (χ1n) is 7.37. The van der Waals surface area contributed by atoms with E-state index in [9.17, 15) is 9.59 Å². The minimum absolute atomic E-state index is 0.00373. The summed E-state index contributed by atoms with van der Waals surface area (Å²) in [6, 6.07) is 4.98. The van der Waals surface area contributed by atoms with Gasteiger partial charge in [-0.2, -0.15) is 0 Å². The van der Waals surface area contributed by atoms with E-state index in [1.807, 2.05) is 6.92 Å². The van der Waals surface area contributed by atoms with E-state index in [-0.39, 0.29) is 23.5 Å². The van der Waals surface area contributed by atoms with Crippen LogP contribution in [0.3, 0.4) is 0 Å². The van der Waals surface area contributed by atoms with E-state index in [2.05, 4.69) is 0 Å². The Morgan fingerprint density at radius 1 is 1.38 bits per heavy atom. The summed E-state index contributed by atoms with van der Waals surface area (Å²) in [6.07, 6.45) is 2.20. The molecule has 5 nitrogen and oxygen atoms in total. The molecule has 0 radical (unpaired) electrons. The number of carboxylic acids is 1. The van der Waals surface area contributed by atoms with Crippen molar-refractivity contribution >= 4 is 17.6 Å². The Balaban J connectivity index is 1.90. The lowest BCUT2D eigenvalue weighted by Crippen LogP contribution is -2.43. The number of hydrogen-bond donors (Lipinski definition) is 1. The second-order valence-corrected chi connectivity index (χ2v) is 5.80. The third-order valence-electron chi connectivity index (χ3n) is 4.34. The molecule has 5 heteroatoms. The van der Waals surface area contributed by atoms with Crippen LogP contribution < -0.4 is 4.90 Å². The van der Waals surface area contributed by atoms with Gasteiger partial charge in [-0.25, -0.2) is 4.79 Å². The summed E-state index contributed by atoms with van der Waals surface area (Å²) in [4.78, 5) is 25.5. The van der Waals surface area contributed by atoms with Crippen LogP contribution in [0.5, 0.6) is 0 Å². The topological polar surface area (TPSA) is 66.8 Å². The number of carbonyl (C=O) groups is 2. The molecule has 2 heterocycles. The summed E-state index contributed by atoms with van der Waals surface area (Å²) < 4.78 is 5.57. The summed E-state index contributed by atoms with van der Waals surface area (Å²) in [5, 5.41) is 9.07. The van der Waals surface area contributed by atoms with Crippen LogP contribution in [0.1, 0.15) is 35.7 Å². The van der Waals surface area contributed by atoms with Crippen LogP contribution in [-0.4, -0.2) is 36.2 Å². The van der Waals surface area contributed by atoms with Crippen molar-refractivity contribution in [3.8, 4) is 0 Å². The van der Waals surface area contributed by atoms with Crippen LogP contribution in [0.2, 0.25) is 0 Å². The van der Waals surface area contributed by atoms with Crippen LogP contribution in [0.25, 0.3) is 0 Å². The number of aryl methyl sites for hydroxylation is 1. The number of rotatable bonds is 2. The van der Waals surface area contributed by atoms with Gasteiger partial charge in [0.15, 0.2) is 0 Å². The summed E-state index contributed by atoms with van der Waals surface area (Å²) in [7, 11) is 0. The molecule has 2 unspecified atom stereocenters. The maximum Gasteiger partial charge on any atom is 0.335 e. The fourth-order valence-electron chi connectivity index (χ4n) is 3.12. The Labute approximate surface area is 123 Å². The second-order valence-electron chi connectivity index (χ2n) is 5.80. The first kappa shape index (κ1) is 14.1. The molecule has 0 spiro atoms. The van der Waals surface area contributed by atoms with Crippen LogP contribution in [0.4, 0.5) is 5.69 Å². The van der Waals surface area contributed by atoms with Crippen molar-refractivity contribution in [2.75, 3.05) is 18.1 Å². The normalized spacial score (nSPS) is 24.7. The van der Waals surface area contributed by atoms with E-state index >= 15 is 0 Å². The Morgan fingerprint density at radius 3 is 2.86 bits per heavy atom. The van der Waals surface area contributed by atoms with Gasteiger partial charge in [0.25, 0.3) is 5.91 Å². The van der Waals surface area contributed by atoms with Gasteiger partial charge in [0, 0.05) is 18.8 Å². The van der Waals surface area contributed by atoms with E-state index in [1.165, 1.54) is 0 Å². The van der Waals surface area contributed by atoms with Crippen molar-refractivity contribution in [3.05, 3.63) is 29.3 Å². The minimum atomic E-state index is -0.936. The number of aromatic carboxylic acids is 1. The summed E-state index contributed by atoms with van der Waals surface area (Å²) in [5.41, 5.74) is 2.03. The maximum atomic E-state index is 12.7. The van der Waals surface area contributed by atoms with Crippen LogP contribution >= 0.6 is 0 Å². The molecule has 1 aromatic rings. The molecule has 3 rings (SSSR count). The molecule has 1 aromatic carbocycles. The summed E-state index contributed by atoms with van der Waals surface area (Å²) in [5.74, 6) is -0.695. The molecule has 0 aliphatic carbocycles. The number of fused-ring (bicyclic) bond motifs is 1. The van der Waals surface area contributed by atoms with Gasteiger partial charge >= 0.3 is 5.97 Å². The zero-order chi connectivity index (χ0) is 15.0. The van der Waals surface area contributed by atoms with E-state index in [0.29, 0.717) is 13.2 Å². The first-order valence-corrected chi connectivity index (χ1v) is 7.37. The SMILES string of the molecule is CC1CCOC1C(=O)N1CCCc2cc(C(=O)O)ccc21. The molecule has 0 aromatic heterocycles. The highest BCUT2D eigenvalue weighted by Crippen LogP contribution is 2.31. The van der Waals surface area contributed by atoms with E-state index in [4.69, 9.17) is 9.84 Å². The summed E-state index contributed by atoms with van der Waals surface area (Å²) in [6.45, 7) is 3.34. The largest absolute Gasteiger partial charge is 0.478 e. The number of ether oxygens (including phenoxy) is 1. The van der Waals surface area contributed by atoms with Gasteiger partial charge in [-0.15, -0.1) is 0 Å². The Morgan fingerprint density at radius 2 is 2.19 bits per heavy atom. The Hall–Kier alpha value is -1.88. The lowest BCUT2D eigenvalue weighted by molar-refractivity contribution is -0.128. The number of anilines is 1. The number of hydrogen-bond acceptors (Lipinski definition) is 3. The Kier molecular flexibility index (Phi) is 3.68. The van der Waals surface area contributed by atoms with Gasteiger partial charge in [0.05, 0.1) is 5.56 Å². The van der Waals surface area contributed by atoms with Gasteiger partial charge in [-0.3, -0.25) is 4.79 Å². The highest BCUT2D eigenvalue weighted by Gasteiger charge is 2.36. The number of nitrogens with zero attached hydrogens (tertiary/aromatic N) is 1. The molecule has 1 amide bonds. The van der Waals surface area contributed by atoms with E-state index in [1.54, 1.807) is 23.1 Å². The molecular weight excluding hydrogens is 270 g/mol. The fourth-order valence-corrected chi connectivity index (χ4v) is 3.12. The van der Waals surface area contributed by atoms with Gasteiger partial charge in [-0.05, 0) is 48.9 Å². The van der Waals surface area contributed by atoms with E-state index < -0.39 is 5.97 Å². The second kappa shape index (κ2) is 5.48. The van der Waals surface area contributed by atoms with Gasteiger partial charge in [0.1, 0.15) is 6.10 Å². The van der Waals surface area contributed by atoms with Crippen LogP contribution in [0, 0.1) is 5.92 Å². The highest BCUT2D eigenvalue weighted by molar-refractivity contribution is 5.98. The fraction of sp³-hybridized carbons (Fsp3) is 0.500. The zero-order valence-electron chi connectivity index (χ0n) is 12.0. The highest BCUT2D eigenvalue weighted by atomic mass is 16.5. The smallest absolute Gasteiger partial charge is 0.335 e. The minimum Gasteiger partial charge on any atom is -0.478 e. The molecular formula is C16H19NO4. The van der Waals surface area contributed by atoms with Crippen molar-refractivity contribution in [1.82, 2.24) is 0 Å². The third-order valence-corrected chi connectivity index (χ3v) is 4.34. The average molecular weight is 289 g/mol. The summed E-state index contributed by atoms with van der Waals surface area (Å²) >= 11 is 0. The van der Waals surface area contributed by atoms with Crippen molar-refractivity contribution < 1.29 is 19.4 Å². The molecule has 2 aliphatic heterocycles. The third kappa shape index (κ3) is 2.53. The molecule has 1 fully saturated rings. The molecule has 0 bridgehead atoms. The first-order chi connectivity index (χ1) is 10.1. The van der Waals surface area contributed by atoms with Crippen molar-refractivity contribution in [2.24, 2.45) is 5.92 Å². The zero-order valence-corrected chi connectivity index (χ0v) is 12.0. The lowest BCUT2D eigenvalue weighted by atomic mass is 9.97. The molecule has 2 atom stereocenters. The maximum absolute atomic E-state index is 12.7. The Bertz CT molecular complexity index is 584. The number of amides is 1. The number of benzene rings is 1. The van der Waals surface area contributed by atoms with Crippen LogP contribution in [0.15, 0.2) is 18.2 Å². The molecule has 1 saturated heterocycles. The van der Waals surface area contributed by atoms with Crippen molar-refractivity contribution in [2.45, 2.75) is 32.3 Å². The van der Waals surface area contributed by atoms with Crippen LogP contribution in [-0.2, 0) is 16.0 Å². The number of carbonyl (C=O) groups excluding carboxylic acids is 1. The monoisotopic (exact) mass is 289 g/mol. The molecule has 2 aliphatic rings. The number of carboxylic acid groups (broad SMARTS) is 1. The lowest BCUT2D eigenvalue weighted by Gasteiger charge is -2.32. The standard InChI is InChI=1S/C16H19NO4/c1-10-6-8-21-14(10)15(18)17-7-2-3-11-9-12(16(19)20)4-5-13(11)17/h4-5,9-10,14H,2-3,6-8H2,1H3,(H,19,20). The predicted octanol–water partition coefficient (Wildman–Crippen LogP) is 2.09. The van der Waals surface area contributed by atoms with Gasteiger partial charge < -0.3 is 14.7 Å². The molecule has 1 N–H and O–H groups in total. The van der Waals surface area contributed by atoms with Crippen molar-refractivity contribution in [3.63, 3.8) is 0 Å². The van der Waals surface area contributed by atoms with E-state index in [0.717, 1.165) is 30.5 Å². The van der Waals surface area contributed by atoms with Crippen molar-refractivity contribution in [1.29, 1.82) is 0 Å². The quantitative estimate of drug-likeness (QED) is 0.905. The van der Waals surface area contributed by atoms with Gasteiger partial charge in [-0.1, -0.05) is 6.92 Å². The average Bonchev–Trinajstić information content (AvgIpc) is 2.91. The molecule has 21 heavy (non-hydrogen) atoms. The molecule has 112 valence electrons. The van der Waals surface area contributed by atoms with Gasteiger partial charge in [0.2, 0.25) is 0 Å². The predicted molar refractivity (Wildman–Crippen MR) is 77.6 cm³/mol. The molecule has 0 saturated carbocycles.